The Labute approximate surface area is 88.8 Å². The fourth-order valence-corrected chi connectivity index (χ4v) is 0.968. The van der Waals surface area contributed by atoms with Crippen LogP contribution < -0.4 is 4.74 Å². The SMILES string of the molecule is CC(C)c1ccnc(OC[C@H](O)CO)n1. The molecule has 0 aliphatic rings. The molecule has 0 aliphatic heterocycles. The smallest absolute Gasteiger partial charge is 0.316 e. The Morgan fingerprint density at radius 3 is 2.80 bits per heavy atom. The number of hydrogen-bond acceptors (Lipinski definition) is 5. The van der Waals surface area contributed by atoms with Crippen molar-refractivity contribution in [3.05, 3.63) is 18.0 Å². The molecule has 5 heteroatoms. The molecule has 0 bridgehead atoms. The third-order valence-electron chi connectivity index (χ3n) is 1.86. The van der Waals surface area contributed by atoms with Crippen molar-refractivity contribution in [1.29, 1.82) is 0 Å². The number of aliphatic hydroxyl groups excluding tert-OH is 2. The van der Waals surface area contributed by atoms with Crippen LogP contribution in [0.25, 0.3) is 0 Å². The molecule has 0 aliphatic carbocycles. The Bertz CT molecular complexity index is 304. The van der Waals surface area contributed by atoms with E-state index >= 15 is 0 Å². The number of rotatable bonds is 5. The molecule has 0 amide bonds. The average molecular weight is 212 g/mol. The number of ether oxygens (including phenoxy) is 1. The maximum Gasteiger partial charge on any atom is 0.316 e. The molecule has 1 aromatic heterocycles. The van der Waals surface area contributed by atoms with Gasteiger partial charge in [0.2, 0.25) is 0 Å². The number of aliphatic hydroxyl groups is 2. The molecule has 5 nitrogen and oxygen atoms in total. The minimum Gasteiger partial charge on any atom is -0.461 e. The molecule has 1 atom stereocenters. The Kier molecular flexibility index (Phi) is 4.45. The van der Waals surface area contributed by atoms with Crippen LogP contribution in [0.2, 0.25) is 0 Å². The topological polar surface area (TPSA) is 75.5 Å². The van der Waals surface area contributed by atoms with Gasteiger partial charge in [0.05, 0.1) is 12.3 Å². The van der Waals surface area contributed by atoms with Gasteiger partial charge in [-0.15, -0.1) is 0 Å². The average Bonchev–Trinajstić information content (AvgIpc) is 2.26. The van der Waals surface area contributed by atoms with Crippen molar-refractivity contribution in [1.82, 2.24) is 9.97 Å². The van der Waals surface area contributed by atoms with E-state index in [0.29, 0.717) is 5.92 Å². The summed E-state index contributed by atoms with van der Waals surface area (Å²) in [6.45, 7) is 3.71. The van der Waals surface area contributed by atoms with Crippen LogP contribution in [0.3, 0.4) is 0 Å². The molecule has 0 aromatic carbocycles. The van der Waals surface area contributed by atoms with Crippen LogP contribution in [-0.2, 0) is 0 Å². The highest BCUT2D eigenvalue weighted by Crippen LogP contribution is 2.12. The molecule has 0 saturated heterocycles. The van der Waals surface area contributed by atoms with Crippen LogP contribution in [-0.4, -0.2) is 39.5 Å². The van der Waals surface area contributed by atoms with E-state index in [4.69, 9.17) is 14.9 Å². The lowest BCUT2D eigenvalue weighted by Gasteiger charge is -2.09. The molecule has 0 radical (unpaired) electrons. The predicted molar refractivity (Wildman–Crippen MR) is 54.7 cm³/mol. The Morgan fingerprint density at radius 2 is 2.20 bits per heavy atom. The van der Waals surface area contributed by atoms with Gasteiger partial charge >= 0.3 is 6.01 Å². The second kappa shape index (κ2) is 5.63. The first kappa shape index (κ1) is 11.9. The van der Waals surface area contributed by atoms with E-state index in [-0.39, 0.29) is 19.2 Å². The van der Waals surface area contributed by atoms with E-state index in [2.05, 4.69) is 9.97 Å². The van der Waals surface area contributed by atoms with Gasteiger partial charge in [0, 0.05) is 6.20 Å². The third-order valence-corrected chi connectivity index (χ3v) is 1.86. The van der Waals surface area contributed by atoms with E-state index in [0.717, 1.165) is 5.69 Å². The van der Waals surface area contributed by atoms with Gasteiger partial charge in [-0.05, 0) is 12.0 Å². The molecular weight excluding hydrogens is 196 g/mol. The van der Waals surface area contributed by atoms with Crippen molar-refractivity contribution >= 4 is 0 Å². The molecule has 0 spiro atoms. The highest BCUT2D eigenvalue weighted by Gasteiger charge is 2.06. The molecule has 2 N–H and O–H groups in total. The van der Waals surface area contributed by atoms with E-state index < -0.39 is 6.10 Å². The minimum absolute atomic E-state index is 0.00194. The van der Waals surface area contributed by atoms with Crippen LogP contribution in [0.1, 0.15) is 25.5 Å². The summed E-state index contributed by atoms with van der Waals surface area (Å²) in [4.78, 5) is 8.05. The van der Waals surface area contributed by atoms with Crippen LogP contribution in [0.5, 0.6) is 6.01 Å². The van der Waals surface area contributed by atoms with Crippen LogP contribution in [0.4, 0.5) is 0 Å². The largest absolute Gasteiger partial charge is 0.461 e. The fourth-order valence-electron chi connectivity index (χ4n) is 0.968. The summed E-state index contributed by atoms with van der Waals surface area (Å²) >= 11 is 0. The van der Waals surface area contributed by atoms with Gasteiger partial charge in [0.1, 0.15) is 12.7 Å². The van der Waals surface area contributed by atoms with Crippen molar-refractivity contribution in [3.8, 4) is 6.01 Å². The summed E-state index contributed by atoms with van der Waals surface area (Å²) in [6.07, 6.45) is 0.722. The van der Waals surface area contributed by atoms with Gasteiger partial charge in [0.15, 0.2) is 0 Å². The second-order valence-corrected chi connectivity index (χ2v) is 3.57. The summed E-state index contributed by atoms with van der Waals surface area (Å²) in [5.74, 6) is 0.304. The molecule has 0 saturated carbocycles. The molecule has 1 rings (SSSR count). The fraction of sp³-hybridized carbons (Fsp3) is 0.600. The van der Waals surface area contributed by atoms with Crippen LogP contribution in [0, 0.1) is 0 Å². The number of aromatic nitrogens is 2. The maximum absolute atomic E-state index is 9.07. The lowest BCUT2D eigenvalue weighted by molar-refractivity contribution is 0.0503. The van der Waals surface area contributed by atoms with Gasteiger partial charge < -0.3 is 14.9 Å². The molecule has 84 valence electrons. The van der Waals surface area contributed by atoms with Gasteiger partial charge in [-0.1, -0.05) is 13.8 Å². The van der Waals surface area contributed by atoms with Gasteiger partial charge in [-0.2, -0.15) is 0 Å². The molecular formula is C10H16N2O3. The first-order chi connectivity index (χ1) is 7.13. The molecule has 1 heterocycles. The maximum atomic E-state index is 9.07. The Balaban J connectivity index is 2.58. The third kappa shape index (κ3) is 3.81. The highest BCUT2D eigenvalue weighted by molar-refractivity contribution is 5.08. The van der Waals surface area contributed by atoms with E-state index in [9.17, 15) is 0 Å². The van der Waals surface area contributed by atoms with Gasteiger partial charge in [-0.25, -0.2) is 9.97 Å². The summed E-state index contributed by atoms with van der Waals surface area (Å²) < 4.78 is 5.12. The van der Waals surface area contributed by atoms with Crippen molar-refractivity contribution in [2.75, 3.05) is 13.2 Å². The quantitative estimate of drug-likeness (QED) is 0.735. The predicted octanol–water partition coefficient (Wildman–Crippen LogP) is 0.332. The van der Waals surface area contributed by atoms with Crippen LogP contribution >= 0.6 is 0 Å². The zero-order valence-electron chi connectivity index (χ0n) is 8.92. The van der Waals surface area contributed by atoms with Crippen molar-refractivity contribution in [2.45, 2.75) is 25.9 Å². The zero-order valence-corrected chi connectivity index (χ0v) is 8.92. The van der Waals surface area contributed by atoms with Crippen molar-refractivity contribution in [2.24, 2.45) is 0 Å². The van der Waals surface area contributed by atoms with Crippen LogP contribution in [0.15, 0.2) is 12.3 Å². The first-order valence-corrected chi connectivity index (χ1v) is 4.88. The van der Waals surface area contributed by atoms with E-state index in [1.54, 1.807) is 6.20 Å². The highest BCUT2D eigenvalue weighted by atomic mass is 16.5. The van der Waals surface area contributed by atoms with Crippen molar-refractivity contribution in [3.63, 3.8) is 0 Å². The normalized spacial score (nSPS) is 12.9. The summed E-state index contributed by atoms with van der Waals surface area (Å²) in [6, 6.07) is 2.05. The molecule has 15 heavy (non-hydrogen) atoms. The summed E-state index contributed by atoms with van der Waals surface area (Å²) in [7, 11) is 0. The minimum atomic E-state index is -0.892. The molecule has 0 fully saturated rings. The van der Waals surface area contributed by atoms with E-state index in [1.165, 1.54) is 0 Å². The number of hydrogen-bond donors (Lipinski definition) is 2. The summed E-state index contributed by atoms with van der Waals surface area (Å²) in [5.41, 5.74) is 0.887. The first-order valence-electron chi connectivity index (χ1n) is 4.88. The Morgan fingerprint density at radius 1 is 1.47 bits per heavy atom. The lowest BCUT2D eigenvalue weighted by Crippen LogP contribution is -2.22. The zero-order chi connectivity index (χ0) is 11.3. The summed E-state index contributed by atoms with van der Waals surface area (Å²) in [5, 5.41) is 17.7. The van der Waals surface area contributed by atoms with Gasteiger partial charge in [-0.3, -0.25) is 0 Å². The lowest BCUT2D eigenvalue weighted by atomic mass is 10.1. The number of nitrogens with zero attached hydrogens (tertiary/aromatic N) is 2. The van der Waals surface area contributed by atoms with E-state index in [1.807, 2.05) is 19.9 Å². The standard InChI is InChI=1S/C10H16N2O3/c1-7(2)9-3-4-11-10(12-9)15-6-8(14)5-13/h3-4,7-8,13-14H,5-6H2,1-2H3/t8-/m1/s1. The van der Waals surface area contributed by atoms with Gasteiger partial charge in [0.25, 0.3) is 0 Å². The monoisotopic (exact) mass is 212 g/mol. The second-order valence-electron chi connectivity index (χ2n) is 3.57. The molecule has 1 aromatic rings. The molecule has 0 unspecified atom stereocenters. The Hall–Kier alpha value is -1.20. The van der Waals surface area contributed by atoms with Crippen molar-refractivity contribution < 1.29 is 14.9 Å².